The van der Waals surface area contributed by atoms with Gasteiger partial charge in [-0.05, 0) is 68.1 Å². The number of benzene rings is 2. The molecule has 0 saturated carbocycles. The van der Waals surface area contributed by atoms with Crippen molar-refractivity contribution in [3.63, 3.8) is 0 Å². The molecular weight excluding hydrogens is 336 g/mol. The molecular formula is C23H28N2O2. The number of aromatic nitrogens is 1. The van der Waals surface area contributed by atoms with E-state index in [0.29, 0.717) is 17.6 Å². The fraction of sp³-hybridized carbons (Fsp3) is 0.435. The van der Waals surface area contributed by atoms with Crippen molar-refractivity contribution in [1.82, 2.24) is 9.88 Å². The van der Waals surface area contributed by atoms with E-state index < -0.39 is 0 Å². The van der Waals surface area contributed by atoms with Gasteiger partial charge in [0.25, 0.3) is 0 Å². The summed E-state index contributed by atoms with van der Waals surface area (Å²) in [7, 11) is 0. The van der Waals surface area contributed by atoms with E-state index in [2.05, 4.69) is 36.7 Å². The van der Waals surface area contributed by atoms with Gasteiger partial charge in [0.1, 0.15) is 11.3 Å². The Bertz CT molecular complexity index is 904. The summed E-state index contributed by atoms with van der Waals surface area (Å²) in [4.78, 5) is 7.10. The maximum absolute atomic E-state index is 10.4. The van der Waals surface area contributed by atoms with Crippen molar-refractivity contribution in [3.05, 3.63) is 59.0 Å². The number of rotatable bonds is 4. The SMILES string of the molecule is Cc1cc(O)c(CN2CCC(c3nc4ccccc4o3)CC2)cc1C(C)C. The molecule has 1 aliphatic rings. The van der Waals surface area contributed by atoms with Gasteiger partial charge >= 0.3 is 0 Å². The molecule has 1 N–H and O–H groups in total. The lowest BCUT2D eigenvalue weighted by Crippen LogP contribution is -2.32. The van der Waals surface area contributed by atoms with E-state index in [-0.39, 0.29) is 0 Å². The third kappa shape index (κ3) is 3.72. The second kappa shape index (κ2) is 7.35. The molecule has 1 aliphatic heterocycles. The lowest BCUT2D eigenvalue weighted by molar-refractivity contribution is 0.192. The molecule has 0 spiro atoms. The Hall–Kier alpha value is -2.33. The van der Waals surface area contributed by atoms with Gasteiger partial charge in [-0.2, -0.15) is 0 Å². The molecule has 4 nitrogen and oxygen atoms in total. The monoisotopic (exact) mass is 364 g/mol. The van der Waals surface area contributed by atoms with E-state index >= 15 is 0 Å². The second-order valence-electron chi connectivity index (χ2n) is 8.06. The lowest BCUT2D eigenvalue weighted by Gasteiger charge is -2.31. The largest absolute Gasteiger partial charge is 0.508 e. The molecule has 1 aromatic heterocycles. The third-order valence-corrected chi connectivity index (χ3v) is 5.73. The number of piperidine rings is 1. The number of hydrogen-bond acceptors (Lipinski definition) is 4. The van der Waals surface area contributed by atoms with Gasteiger partial charge in [-0.15, -0.1) is 0 Å². The molecule has 1 fully saturated rings. The zero-order chi connectivity index (χ0) is 19.0. The Balaban J connectivity index is 1.43. The van der Waals surface area contributed by atoms with Crippen molar-refractivity contribution in [2.75, 3.05) is 13.1 Å². The van der Waals surface area contributed by atoms with Gasteiger partial charge < -0.3 is 9.52 Å². The van der Waals surface area contributed by atoms with Crippen LogP contribution in [0.2, 0.25) is 0 Å². The quantitative estimate of drug-likeness (QED) is 0.678. The van der Waals surface area contributed by atoms with Crippen LogP contribution in [0.1, 0.15) is 61.1 Å². The normalized spacial score (nSPS) is 16.4. The van der Waals surface area contributed by atoms with Gasteiger partial charge in [0.15, 0.2) is 11.5 Å². The summed E-state index contributed by atoms with van der Waals surface area (Å²) in [6, 6.07) is 12.1. The third-order valence-electron chi connectivity index (χ3n) is 5.73. The Morgan fingerprint density at radius 3 is 2.63 bits per heavy atom. The molecule has 2 aromatic carbocycles. The smallest absolute Gasteiger partial charge is 0.198 e. The maximum atomic E-state index is 10.4. The van der Waals surface area contributed by atoms with E-state index in [9.17, 15) is 5.11 Å². The molecule has 0 aliphatic carbocycles. The summed E-state index contributed by atoms with van der Waals surface area (Å²) in [5, 5.41) is 10.4. The average Bonchev–Trinajstić information content (AvgIpc) is 3.08. The Kier molecular flexibility index (Phi) is 4.92. The van der Waals surface area contributed by atoms with Crippen molar-refractivity contribution in [1.29, 1.82) is 0 Å². The highest BCUT2D eigenvalue weighted by atomic mass is 16.3. The summed E-state index contributed by atoms with van der Waals surface area (Å²) in [6.45, 7) is 9.27. The first-order valence-corrected chi connectivity index (χ1v) is 9.91. The fourth-order valence-electron chi connectivity index (χ4n) is 4.15. The zero-order valence-electron chi connectivity index (χ0n) is 16.4. The number of nitrogens with zero attached hydrogens (tertiary/aromatic N) is 2. The number of fused-ring (bicyclic) bond motifs is 1. The molecule has 2 heterocycles. The van der Waals surface area contributed by atoms with Crippen LogP contribution >= 0.6 is 0 Å². The van der Waals surface area contributed by atoms with Crippen LogP contribution in [-0.4, -0.2) is 28.1 Å². The molecule has 142 valence electrons. The van der Waals surface area contributed by atoms with Crippen LogP contribution in [0.3, 0.4) is 0 Å². The van der Waals surface area contributed by atoms with Crippen LogP contribution in [0, 0.1) is 6.92 Å². The highest BCUT2D eigenvalue weighted by Crippen LogP contribution is 2.32. The predicted molar refractivity (Wildman–Crippen MR) is 108 cm³/mol. The maximum Gasteiger partial charge on any atom is 0.198 e. The van der Waals surface area contributed by atoms with Crippen molar-refractivity contribution in [2.45, 2.75) is 52.0 Å². The first-order valence-electron chi connectivity index (χ1n) is 9.91. The molecule has 3 aromatic rings. The van der Waals surface area contributed by atoms with Crippen molar-refractivity contribution in [2.24, 2.45) is 0 Å². The standard InChI is InChI=1S/C23H28N2O2/c1-15(2)19-13-18(21(26)12-16(19)3)14-25-10-8-17(9-11-25)23-24-20-6-4-5-7-22(20)27-23/h4-7,12-13,15,17,26H,8-11,14H2,1-3H3. The summed E-state index contributed by atoms with van der Waals surface area (Å²) in [5.74, 6) is 2.13. The Morgan fingerprint density at radius 2 is 1.93 bits per heavy atom. The Morgan fingerprint density at radius 1 is 1.19 bits per heavy atom. The lowest BCUT2D eigenvalue weighted by atomic mass is 9.93. The van der Waals surface area contributed by atoms with Crippen LogP contribution in [0.4, 0.5) is 0 Å². The van der Waals surface area contributed by atoms with Crippen LogP contribution in [-0.2, 0) is 6.54 Å². The fourth-order valence-corrected chi connectivity index (χ4v) is 4.15. The number of oxazole rings is 1. The van der Waals surface area contributed by atoms with E-state index in [1.807, 2.05) is 30.3 Å². The van der Waals surface area contributed by atoms with Crippen molar-refractivity contribution in [3.8, 4) is 5.75 Å². The number of likely N-dealkylation sites (tertiary alicyclic amines) is 1. The topological polar surface area (TPSA) is 49.5 Å². The van der Waals surface area contributed by atoms with E-state index in [1.54, 1.807) is 0 Å². The highest BCUT2D eigenvalue weighted by molar-refractivity contribution is 5.72. The summed E-state index contributed by atoms with van der Waals surface area (Å²) < 4.78 is 5.97. The minimum Gasteiger partial charge on any atom is -0.508 e. The molecule has 0 bridgehead atoms. The summed E-state index contributed by atoms with van der Waals surface area (Å²) >= 11 is 0. The highest BCUT2D eigenvalue weighted by Gasteiger charge is 2.25. The van der Waals surface area contributed by atoms with Crippen molar-refractivity contribution >= 4 is 11.1 Å². The first kappa shape index (κ1) is 18.1. The van der Waals surface area contributed by atoms with Crippen LogP contribution in [0.25, 0.3) is 11.1 Å². The van der Waals surface area contributed by atoms with Crippen LogP contribution in [0.15, 0.2) is 40.8 Å². The molecule has 27 heavy (non-hydrogen) atoms. The van der Waals surface area contributed by atoms with E-state index in [0.717, 1.165) is 55.0 Å². The Labute approximate surface area is 160 Å². The van der Waals surface area contributed by atoms with Crippen molar-refractivity contribution < 1.29 is 9.52 Å². The number of phenols is 1. The minimum absolute atomic E-state index is 0.381. The minimum atomic E-state index is 0.381. The molecule has 4 rings (SSSR count). The number of hydrogen-bond donors (Lipinski definition) is 1. The molecule has 0 unspecified atom stereocenters. The van der Waals surface area contributed by atoms with Gasteiger partial charge in [-0.1, -0.05) is 32.0 Å². The number of para-hydroxylation sites is 2. The summed E-state index contributed by atoms with van der Waals surface area (Å²) in [6.07, 6.45) is 2.08. The predicted octanol–water partition coefficient (Wildman–Crippen LogP) is 5.34. The first-order chi connectivity index (χ1) is 13.0. The molecule has 0 atom stereocenters. The van der Waals surface area contributed by atoms with Gasteiger partial charge in [-0.3, -0.25) is 4.90 Å². The van der Waals surface area contributed by atoms with E-state index in [1.165, 1.54) is 11.1 Å². The number of aromatic hydroxyl groups is 1. The summed E-state index contributed by atoms with van der Waals surface area (Å²) in [5.41, 5.74) is 5.34. The molecule has 1 saturated heterocycles. The van der Waals surface area contributed by atoms with Gasteiger partial charge in [-0.25, -0.2) is 4.98 Å². The molecule has 0 amide bonds. The van der Waals surface area contributed by atoms with E-state index in [4.69, 9.17) is 4.42 Å². The number of aryl methyl sites for hydroxylation is 1. The zero-order valence-corrected chi connectivity index (χ0v) is 16.4. The van der Waals surface area contributed by atoms with Gasteiger partial charge in [0.2, 0.25) is 0 Å². The van der Waals surface area contributed by atoms with Gasteiger partial charge in [0, 0.05) is 18.0 Å². The van der Waals surface area contributed by atoms with Crippen LogP contribution in [0.5, 0.6) is 5.75 Å². The van der Waals surface area contributed by atoms with Gasteiger partial charge in [0.05, 0.1) is 0 Å². The molecule has 0 radical (unpaired) electrons. The number of phenolic OH excluding ortho intramolecular Hbond substituents is 1. The second-order valence-corrected chi connectivity index (χ2v) is 8.06. The van der Waals surface area contributed by atoms with Crippen LogP contribution < -0.4 is 0 Å². The average molecular weight is 364 g/mol. The molecule has 4 heteroatoms.